The fourth-order valence-corrected chi connectivity index (χ4v) is 2.22. The minimum absolute atomic E-state index is 0.147. The zero-order valence-corrected chi connectivity index (χ0v) is 14.9. The fraction of sp³-hybridized carbons (Fsp3) is 0.263. The molecule has 0 aromatic heterocycles. The van der Waals surface area contributed by atoms with Crippen molar-refractivity contribution in [2.24, 2.45) is 0 Å². The molecular formula is C19H22N2O2S. The molecule has 126 valence electrons. The lowest BCUT2D eigenvalue weighted by atomic mass is 10.1. The average molecular weight is 342 g/mol. The van der Waals surface area contributed by atoms with E-state index in [0.717, 1.165) is 23.4 Å². The molecule has 2 rings (SSSR count). The number of hydrogen-bond donors (Lipinski definition) is 2. The molecule has 0 saturated carbocycles. The van der Waals surface area contributed by atoms with E-state index in [9.17, 15) is 4.79 Å². The molecule has 2 aromatic carbocycles. The smallest absolute Gasteiger partial charge is 0.257 e. The van der Waals surface area contributed by atoms with Gasteiger partial charge in [-0.2, -0.15) is 0 Å². The highest BCUT2D eigenvalue weighted by Crippen LogP contribution is 2.19. The third-order valence-corrected chi connectivity index (χ3v) is 3.75. The van der Waals surface area contributed by atoms with E-state index in [4.69, 9.17) is 17.0 Å². The Morgan fingerprint density at radius 3 is 2.58 bits per heavy atom. The summed E-state index contributed by atoms with van der Waals surface area (Å²) in [6.45, 7) is 6.07. The van der Waals surface area contributed by atoms with Crippen molar-refractivity contribution in [3.05, 3.63) is 59.7 Å². The van der Waals surface area contributed by atoms with Gasteiger partial charge in [0.1, 0.15) is 5.75 Å². The number of carbonyl (C=O) groups excluding carboxylic acids is 1. The van der Waals surface area contributed by atoms with Crippen LogP contribution in [0.5, 0.6) is 5.75 Å². The second-order valence-corrected chi connectivity index (χ2v) is 6.05. The van der Waals surface area contributed by atoms with Crippen LogP contribution in [0, 0.1) is 6.92 Å². The van der Waals surface area contributed by atoms with Gasteiger partial charge in [0.05, 0.1) is 6.10 Å². The Hall–Kier alpha value is -2.40. The Kier molecular flexibility index (Phi) is 6.32. The molecule has 2 N–H and O–H groups in total. The highest BCUT2D eigenvalue weighted by atomic mass is 32.1. The van der Waals surface area contributed by atoms with E-state index in [1.165, 1.54) is 0 Å². The monoisotopic (exact) mass is 342 g/mol. The lowest BCUT2D eigenvalue weighted by Crippen LogP contribution is -2.34. The van der Waals surface area contributed by atoms with Crippen LogP contribution in [0.3, 0.4) is 0 Å². The first-order valence-corrected chi connectivity index (χ1v) is 8.34. The summed E-state index contributed by atoms with van der Waals surface area (Å²) in [7, 11) is 0. The van der Waals surface area contributed by atoms with Gasteiger partial charge < -0.3 is 10.1 Å². The SMILES string of the molecule is CCC(C)Oc1cccc(NC(=S)NC(=O)c2ccc(C)cc2)c1. The average Bonchev–Trinajstić information content (AvgIpc) is 2.55. The number of thiocarbonyl (C=S) groups is 1. The number of ether oxygens (including phenoxy) is 1. The van der Waals surface area contributed by atoms with Crippen LogP contribution in [0.4, 0.5) is 5.69 Å². The summed E-state index contributed by atoms with van der Waals surface area (Å²) in [5.74, 6) is 0.529. The molecule has 24 heavy (non-hydrogen) atoms. The number of rotatable bonds is 5. The Morgan fingerprint density at radius 2 is 1.92 bits per heavy atom. The van der Waals surface area contributed by atoms with Gasteiger partial charge in [0, 0.05) is 17.3 Å². The minimum atomic E-state index is -0.237. The van der Waals surface area contributed by atoms with Crippen LogP contribution in [0.15, 0.2) is 48.5 Å². The number of hydrogen-bond acceptors (Lipinski definition) is 3. The summed E-state index contributed by atoms with van der Waals surface area (Å²) in [5.41, 5.74) is 2.44. The zero-order valence-electron chi connectivity index (χ0n) is 14.1. The van der Waals surface area contributed by atoms with Crippen LogP contribution < -0.4 is 15.4 Å². The first-order chi connectivity index (χ1) is 11.5. The van der Waals surface area contributed by atoms with E-state index in [0.29, 0.717) is 5.56 Å². The third-order valence-electron chi connectivity index (χ3n) is 3.54. The van der Waals surface area contributed by atoms with Gasteiger partial charge in [-0.15, -0.1) is 0 Å². The normalized spacial score (nSPS) is 11.5. The maximum atomic E-state index is 12.1. The largest absolute Gasteiger partial charge is 0.491 e. The molecule has 1 unspecified atom stereocenters. The van der Waals surface area contributed by atoms with Gasteiger partial charge in [-0.25, -0.2) is 0 Å². The minimum Gasteiger partial charge on any atom is -0.491 e. The van der Waals surface area contributed by atoms with E-state index in [2.05, 4.69) is 17.6 Å². The van der Waals surface area contributed by atoms with Gasteiger partial charge in [0.25, 0.3) is 5.91 Å². The lowest BCUT2D eigenvalue weighted by molar-refractivity contribution is 0.0977. The Labute approximate surface area is 148 Å². The van der Waals surface area contributed by atoms with Gasteiger partial charge >= 0.3 is 0 Å². The molecular weight excluding hydrogens is 320 g/mol. The summed E-state index contributed by atoms with van der Waals surface area (Å²) in [5, 5.41) is 5.93. The van der Waals surface area contributed by atoms with Crippen molar-refractivity contribution in [2.75, 3.05) is 5.32 Å². The Balaban J connectivity index is 1.95. The van der Waals surface area contributed by atoms with E-state index >= 15 is 0 Å². The van der Waals surface area contributed by atoms with Gasteiger partial charge in [0.2, 0.25) is 0 Å². The number of aryl methyl sites for hydroxylation is 1. The molecule has 2 aromatic rings. The van der Waals surface area contributed by atoms with Crippen molar-refractivity contribution in [1.82, 2.24) is 5.32 Å². The second-order valence-electron chi connectivity index (χ2n) is 5.64. The van der Waals surface area contributed by atoms with Crippen LogP contribution in [0.25, 0.3) is 0 Å². The van der Waals surface area contributed by atoms with E-state index in [1.54, 1.807) is 12.1 Å². The zero-order chi connectivity index (χ0) is 17.5. The summed E-state index contributed by atoms with van der Waals surface area (Å²) >= 11 is 5.21. The van der Waals surface area contributed by atoms with Gasteiger partial charge in [-0.3, -0.25) is 10.1 Å². The van der Waals surface area contributed by atoms with Crippen LogP contribution in [-0.2, 0) is 0 Å². The predicted molar refractivity (Wildman–Crippen MR) is 102 cm³/mol. The molecule has 0 saturated heterocycles. The number of anilines is 1. The topological polar surface area (TPSA) is 50.4 Å². The molecule has 0 aliphatic rings. The second kappa shape index (κ2) is 8.45. The highest BCUT2D eigenvalue weighted by Gasteiger charge is 2.08. The molecule has 0 spiro atoms. The van der Waals surface area contributed by atoms with Crippen LogP contribution in [0.1, 0.15) is 36.2 Å². The molecule has 5 heteroatoms. The first-order valence-electron chi connectivity index (χ1n) is 7.93. The van der Waals surface area contributed by atoms with Gasteiger partial charge in [-0.1, -0.05) is 30.7 Å². The van der Waals surface area contributed by atoms with Gasteiger partial charge in [0.15, 0.2) is 5.11 Å². The van der Waals surface area contributed by atoms with Crippen LogP contribution in [0.2, 0.25) is 0 Å². The maximum absolute atomic E-state index is 12.1. The summed E-state index contributed by atoms with van der Waals surface area (Å²) in [6.07, 6.45) is 1.08. The van der Waals surface area contributed by atoms with Crippen LogP contribution >= 0.6 is 12.2 Å². The molecule has 0 radical (unpaired) electrons. The molecule has 0 fully saturated rings. The van der Waals surface area contributed by atoms with E-state index in [-0.39, 0.29) is 17.1 Å². The summed E-state index contributed by atoms with van der Waals surface area (Å²) in [6, 6.07) is 14.8. The maximum Gasteiger partial charge on any atom is 0.257 e. The number of benzene rings is 2. The summed E-state index contributed by atoms with van der Waals surface area (Å²) in [4.78, 5) is 12.1. The molecule has 0 aliphatic carbocycles. The lowest BCUT2D eigenvalue weighted by Gasteiger charge is -2.14. The molecule has 0 bridgehead atoms. The third kappa shape index (κ3) is 5.35. The molecule has 4 nitrogen and oxygen atoms in total. The van der Waals surface area contributed by atoms with Crippen molar-refractivity contribution in [1.29, 1.82) is 0 Å². The highest BCUT2D eigenvalue weighted by molar-refractivity contribution is 7.80. The van der Waals surface area contributed by atoms with E-state index < -0.39 is 0 Å². The number of carbonyl (C=O) groups is 1. The van der Waals surface area contributed by atoms with Crippen molar-refractivity contribution in [3.8, 4) is 5.75 Å². The molecule has 1 atom stereocenters. The predicted octanol–water partition coefficient (Wildman–Crippen LogP) is 4.30. The first kappa shape index (κ1) is 17.9. The fourth-order valence-electron chi connectivity index (χ4n) is 2.01. The number of amides is 1. The Bertz CT molecular complexity index is 714. The van der Waals surface area contributed by atoms with Crippen molar-refractivity contribution in [2.45, 2.75) is 33.3 Å². The quantitative estimate of drug-likeness (QED) is 0.796. The van der Waals surface area contributed by atoms with Crippen molar-refractivity contribution in [3.63, 3.8) is 0 Å². The standard InChI is InChI=1S/C19H22N2O2S/c1-4-14(3)23-17-7-5-6-16(12-17)20-19(24)21-18(22)15-10-8-13(2)9-11-15/h5-12,14H,4H2,1-3H3,(H2,20,21,22,24). The molecule has 0 aliphatic heterocycles. The molecule has 1 amide bonds. The van der Waals surface area contributed by atoms with Crippen LogP contribution in [-0.4, -0.2) is 17.1 Å². The van der Waals surface area contributed by atoms with Crippen molar-refractivity contribution >= 4 is 28.9 Å². The Morgan fingerprint density at radius 1 is 1.21 bits per heavy atom. The van der Waals surface area contributed by atoms with Crippen molar-refractivity contribution < 1.29 is 9.53 Å². The number of nitrogens with one attached hydrogen (secondary N) is 2. The van der Waals surface area contributed by atoms with E-state index in [1.807, 2.05) is 50.2 Å². The summed E-state index contributed by atoms with van der Waals surface area (Å²) < 4.78 is 5.78. The van der Waals surface area contributed by atoms with Gasteiger partial charge in [-0.05, 0) is 56.8 Å². The molecule has 0 heterocycles.